The first-order valence-electron chi connectivity index (χ1n) is 7.33. The summed E-state index contributed by atoms with van der Waals surface area (Å²) in [5.41, 5.74) is 1.86. The number of rotatable bonds is 4. The van der Waals surface area contributed by atoms with E-state index in [1.807, 2.05) is 48.7 Å². The number of carbonyl (C=O) groups excluding carboxylic acids is 1. The van der Waals surface area contributed by atoms with Crippen molar-refractivity contribution in [2.45, 2.75) is 11.8 Å². The number of hydrogen-bond acceptors (Lipinski definition) is 4. The maximum absolute atomic E-state index is 12.3. The van der Waals surface area contributed by atoms with E-state index in [0.29, 0.717) is 11.4 Å². The Morgan fingerprint density at radius 3 is 2.48 bits per heavy atom. The average Bonchev–Trinajstić information content (AvgIpc) is 2.96. The molecule has 0 aliphatic carbocycles. The fourth-order valence-corrected chi connectivity index (χ4v) is 2.78. The van der Waals surface area contributed by atoms with E-state index >= 15 is 0 Å². The van der Waals surface area contributed by atoms with E-state index < -0.39 is 0 Å². The number of amides is 1. The predicted molar refractivity (Wildman–Crippen MR) is 95.9 cm³/mol. The Bertz CT molecular complexity index is 932. The van der Waals surface area contributed by atoms with Gasteiger partial charge in [0.05, 0.1) is 5.69 Å². The molecule has 3 rings (SSSR count). The van der Waals surface area contributed by atoms with Crippen LogP contribution >= 0.6 is 11.8 Å². The molecule has 1 amide bonds. The SMILES string of the molecule is CSc1ccc(-n2[nH][n+](-c3ccccc3NC(C)=O)cc2=O)cc1.[OH-]. The van der Waals surface area contributed by atoms with Gasteiger partial charge in [-0.2, -0.15) is 0 Å². The summed E-state index contributed by atoms with van der Waals surface area (Å²) in [7, 11) is 0. The van der Waals surface area contributed by atoms with Crippen LogP contribution in [-0.4, -0.2) is 27.5 Å². The predicted octanol–water partition coefficient (Wildman–Crippen LogP) is 1.95. The first kappa shape index (κ1) is 18.5. The Balaban J connectivity index is 0.00000225. The topological polar surface area (TPSA) is 101 Å². The maximum Gasteiger partial charge on any atom is 0.398 e. The van der Waals surface area contributed by atoms with Crippen LogP contribution in [0.1, 0.15) is 6.92 Å². The van der Waals surface area contributed by atoms with E-state index in [1.54, 1.807) is 22.5 Å². The second-order valence-corrected chi connectivity index (χ2v) is 6.05. The molecule has 1 aromatic heterocycles. The lowest BCUT2D eigenvalue weighted by Gasteiger charge is -2.05. The van der Waals surface area contributed by atoms with Crippen LogP contribution in [0.3, 0.4) is 0 Å². The van der Waals surface area contributed by atoms with Crippen molar-refractivity contribution in [1.82, 2.24) is 9.90 Å². The molecule has 7 nitrogen and oxygen atoms in total. The highest BCUT2D eigenvalue weighted by Gasteiger charge is 2.17. The van der Waals surface area contributed by atoms with Crippen LogP contribution in [-0.2, 0) is 4.79 Å². The molecule has 2 aromatic carbocycles. The monoisotopic (exact) mass is 358 g/mol. The van der Waals surface area contributed by atoms with Crippen molar-refractivity contribution in [3.8, 4) is 11.4 Å². The van der Waals surface area contributed by atoms with Gasteiger partial charge in [0.15, 0.2) is 11.4 Å². The molecule has 3 aromatic rings. The minimum atomic E-state index is -0.190. The van der Waals surface area contributed by atoms with Crippen LogP contribution in [0.25, 0.3) is 11.4 Å². The smallest absolute Gasteiger partial charge is 0.398 e. The van der Waals surface area contributed by atoms with Gasteiger partial charge in [0, 0.05) is 11.8 Å². The van der Waals surface area contributed by atoms with E-state index in [-0.39, 0.29) is 16.9 Å². The first-order chi connectivity index (χ1) is 11.6. The highest BCUT2D eigenvalue weighted by atomic mass is 32.2. The van der Waals surface area contributed by atoms with Crippen molar-refractivity contribution in [3.63, 3.8) is 0 Å². The number of para-hydroxylation sites is 2. The third kappa shape index (κ3) is 3.98. The fraction of sp³-hybridized carbons (Fsp3) is 0.118. The van der Waals surface area contributed by atoms with Crippen molar-refractivity contribution < 1.29 is 15.0 Å². The standard InChI is InChI=1S/C17H16N4O2S.H2O/c1-12(22)18-15-5-3-4-6-16(15)20-11-17(23)21(19-20)13-7-9-14(24-2)10-8-13;/h3-11H,1-2H3,(H-,18,19,22,23);1H2. The number of thioether (sulfide) groups is 1. The van der Waals surface area contributed by atoms with Crippen molar-refractivity contribution in [2.24, 2.45) is 0 Å². The summed E-state index contributed by atoms with van der Waals surface area (Å²) in [6.45, 7) is 1.45. The molecule has 8 heteroatoms. The van der Waals surface area contributed by atoms with Gasteiger partial charge in [-0.15, -0.1) is 16.4 Å². The van der Waals surface area contributed by atoms with Crippen LogP contribution in [0.4, 0.5) is 5.69 Å². The highest BCUT2D eigenvalue weighted by molar-refractivity contribution is 7.98. The van der Waals surface area contributed by atoms with Gasteiger partial charge >= 0.3 is 5.56 Å². The Morgan fingerprint density at radius 2 is 1.84 bits per heavy atom. The lowest BCUT2D eigenvalue weighted by molar-refractivity contribution is -0.660. The lowest BCUT2D eigenvalue weighted by atomic mass is 10.2. The number of H-pyrrole nitrogens is 1. The Labute approximate surface area is 148 Å². The number of nitrogens with one attached hydrogen (secondary N) is 2. The summed E-state index contributed by atoms with van der Waals surface area (Å²) in [5, 5.41) is 5.79. The van der Waals surface area contributed by atoms with Crippen molar-refractivity contribution in [1.29, 1.82) is 0 Å². The van der Waals surface area contributed by atoms with Gasteiger partial charge in [-0.25, -0.2) is 4.79 Å². The molecular weight excluding hydrogens is 340 g/mol. The molecule has 3 N–H and O–H groups in total. The number of nitrogens with zero attached hydrogens (tertiary/aromatic N) is 2. The van der Waals surface area contributed by atoms with Gasteiger partial charge in [0.25, 0.3) is 0 Å². The normalized spacial score (nSPS) is 10.2. The first-order valence-corrected chi connectivity index (χ1v) is 8.56. The fourth-order valence-electron chi connectivity index (χ4n) is 2.37. The Morgan fingerprint density at radius 1 is 1.16 bits per heavy atom. The minimum Gasteiger partial charge on any atom is -0.870 e. The molecule has 1 heterocycles. The van der Waals surface area contributed by atoms with Crippen LogP contribution in [0.15, 0.2) is 64.4 Å². The summed E-state index contributed by atoms with van der Waals surface area (Å²) in [4.78, 5) is 24.8. The summed E-state index contributed by atoms with van der Waals surface area (Å²) in [6, 6.07) is 15.0. The van der Waals surface area contributed by atoms with Crippen molar-refractivity contribution in [2.75, 3.05) is 11.6 Å². The molecule has 0 aliphatic rings. The third-order valence-electron chi connectivity index (χ3n) is 3.47. The van der Waals surface area contributed by atoms with Crippen molar-refractivity contribution >= 4 is 23.4 Å². The van der Waals surface area contributed by atoms with Crippen LogP contribution in [0, 0.1) is 0 Å². The van der Waals surface area contributed by atoms with E-state index in [1.165, 1.54) is 17.8 Å². The number of anilines is 1. The molecule has 0 atom stereocenters. The minimum absolute atomic E-state index is 0. The highest BCUT2D eigenvalue weighted by Crippen LogP contribution is 2.16. The van der Waals surface area contributed by atoms with Crippen LogP contribution < -0.4 is 15.6 Å². The molecule has 25 heavy (non-hydrogen) atoms. The zero-order valence-electron chi connectivity index (χ0n) is 13.8. The van der Waals surface area contributed by atoms with Gasteiger partial charge in [0.1, 0.15) is 0 Å². The maximum atomic E-state index is 12.3. The van der Waals surface area contributed by atoms with E-state index in [9.17, 15) is 9.59 Å². The number of hydrogen-bond donors (Lipinski definition) is 2. The number of carbonyl (C=O) groups is 1. The Kier molecular flexibility index (Phi) is 5.79. The average molecular weight is 358 g/mol. The van der Waals surface area contributed by atoms with E-state index in [2.05, 4.69) is 10.5 Å². The van der Waals surface area contributed by atoms with Crippen LogP contribution in [0.5, 0.6) is 0 Å². The number of aromatic amines is 1. The molecular formula is C17H18N4O3S. The largest absolute Gasteiger partial charge is 0.870 e. The molecule has 0 aliphatic heterocycles. The molecule has 0 unspecified atom stereocenters. The molecule has 0 radical (unpaired) electrons. The molecule has 0 bridgehead atoms. The van der Waals surface area contributed by atoms with E-state index in [0.717, 1.165) is 10.6 Å². The summed E-state index contributed by atoms with van der Waals surface area (Å²) < 4.78 is 3.05. The number of benzene rings is 2. The van der Waals surface area contributed by atoms with Gasteiger partial charge < -0.3 is 10.8 Å². The lowest BCUT2D eigenvalue weighted by Crippen LogP contribution is -2.34. The summed E-state index contributed by atoms with van der Waals surface area (Å²) in [6.07, 6.45) is 3.45. The molecule has 0 fully saturated rings. The van der Waals surface area contributed by atoms with Crippen LogP contribution in [0.2, 0.25) is 0 Å². The van der Waals surface area contributed by atoms with E-state index in [4.69, 9.17) is 0 Å². The summed E-state index contributed by atoms with van der Waals surface area (Å²) in [5.74, 6) is -0.169. The zero-order valence-corrected chi connectivity index (χ0v) is 14.6. The Hall–Kier alpha value is -2.84. The van der Waals surface area contributed by atoms with Gasteiger partial charge in [0.2, 0.25) is 12.1 Å². The molecule has 0 spiro atoms. The van der Waals surface area contributed by atoms with Gasteiger partial charge in [-0.05, 0) is 42.7 Å². The van der Waals surface area contributed by atoms with Crippen molar-refractivity contribution in [3.05, 3.63) is 65.1 Å². The third-order valence-corrected chi connectivity index (χ3v) is 4.22. The zero-order chi connectivity index (χ0) is 17.1. The van der Waals surface area contributed by atoms with Gasteiger partial charge in [-0.1, -0.05) is 22.0 Å². The second-order valence-electron chi connectivity index (χ2n) is 5.17. The summed E-state index contributed by atoms with van der Waals surface area (Å²) >= 11 is 1.64. The van der Waals surface area contributed by atoms with Gasteiger partial charge in [-0.3, -0.25) is 4.79 Å². The molecule has 0 saturated carbocycles. The quantitative estimate of drug-likeness (QED) is 0.550. The second kappa shape index (κ2) is 7.82. The number of aromatic nitrogens is 3. The molecule has 0 saturated heterocycles. The molecule has 130 valence electrons.